The van der Waals surface area contributed by atoms with E-state index in [0.717, 1.165) is 4.47 Å². The second-order valence-electron chi connectivity index (χ2n) is 5.80. The summed E-state index contributed by atoms with van der Waals surface area (Å²) >= 11 is 3.31. The number of halogens is 2. The van der Waals surface area contributed by atoms with E-state index < -0.39 is 23.5 Å². The van der Waals surface area contributed by atoms with Crippen LogP contribution in [0.15, 0.2) is 71.2 Å². The fourth-order valence-corrected chi connectivity index (χ4v) is 3.23. The van der Waals surface area contributed by atoms with Crippen LogP contribution in [0.4, 0.5) is 4.39 Å². The first-order valence-electron chi connectivity index (χ1n) is 7.84. The highest BCUT2D eigenvalue weighted by atomic mass is 79.9. The van der Waals surface area contributed by atoms with Gasteiger partial charge in [-0.05, 0) is 29.8 Å². The number of aliphatic hydroxyl groups excluding tert-OH is 1. The molecule has 0 saturated carbocycles. The fourth-order valence-electron chi connectivity index (χ4n) is 2.96. The lowest BCUT2D eigenvalue weighted by Crippen LogP contribution is -2.29. The van der Waals surface area contributed by atoms with Crippen molar-refractivity contribution in [1.29, 1.82) is 0 Å². The maximum atomic E-state index is 13.3. The van der Waals surface area contributed by atoms with Crippen molar-refractivity contribution in [2.75, 3.05) is 6.54 Å². The number of benzene rings is 2. The molecule has 1 saturated heterocycles. The van der Waals surface area contributed by atoms with E-state index >= 15 is 0 Å². The monoisotopic (exact) mass is 415 g/mol. The molecule has 0 aromatic heterocycles. The maximum absolute atomic E-state index is 13.3. The van der Waals surface area contributed by atoms with Crippen LogP contribution in [-0.2, 0) is 9.59 Å². The summed E-state index contributed by atoms with van der Waals surface area (Å²) in [6, 6.07) is 11.4. The van der Waals surface area contributed by atoms with Crippen molar-refractivity contribution < 1.29 is 19.1 Å². The number of Topliss-reactive ketones (excluding diaryl/α,β-unsaturated/α-hetero) is 1. The summed E-state index contributed by atoms with van der Waals surface area (Å²) in [7, 11) is 0. The van der Waals surface area contributed by atoms with Crippen LogP contribution in [0.25, 0.3) is 5.76 Å². The van der Waals surface area contributed by atoms with Gasteiger partial charge in [0.05, 0.1) is 11.6 Å². The molecule has 0 spiro atoms. The van der Waals surface area contributed by atoms with E-state index in [1.807, 2.05) is 0 Å². The van der Waals surface area contributed by atoms with Crippen molar-refractivity contribution in [2.45, 2.75) is 6.04 Å². The first kappa shape index (κ1) is 18.1. The Hall–Kier alpha value is -2.73. The van der Waals surface area contributed by atoms with Gasteiger partial charge < -0.3 is 10.0 Å². The second-order valence-corrected chi connectivity index (χ2v) is 6.71. The lowest BCUT2D eigenvalue weighted by Gasteiger charge is -2.24. The van der Waals surface area contributed by atoms with E-state index in [4.69, 9.17) is 0 Å². The largest absolute Gasteiger partial charge is 0.507 e. The minimum absolute atomic E-state index is 0.0224. The first-order valence-corrected chi connectivity index (χ1v) is 8.64. The highest BCUT2D eigenvalue weighted by molar-refractivity contribution is 9.10. The predicted octanol–water partition coefficient (Wildman–Crippen LogP) is 4.20. The number of nitrogens with zero attached hydrogens (tertiary/aromatic N) is 1. The summed E-state index contributed by atoms with van der Waals surface area (Å²) in [6.45, 7) is 3.74. The van der Waals surface area contributed by atoms with E-state index in [9.17, 15) is 19.1 Å². The number of rotatable bonds is 4. The summed E-state index contributed by atoms with van der Waals surface area (Å²) in [5.74, 6) is -2.20. The Morgan fingerprint density at radius 2 is 1.77 bits per heavy atom. The molecular weight excluding hydrogens is 401 g/mol. The molecular formula is C20H15BrFNO3. The van der Waals surface area contributed by atoms with E-state index in [1.54, 1.807) is 24.3 Å². The molecule has 1 atom stereocenters. The van der Waals surface area contributed by atoms with Crippen molar-refractivity contribution >= 4 is 33.4 Å². The summed E-state index contributed by atoms with van der Waals surface area (Å²) in [6.07, 6.45) is 1.50. The highest BCUT2D eigenvalue weighted by Gasteiger charge is 2.45. The zero-order valence-corrected chi connectivity index (χ0v) is 15.2. The molecule has 2 aromatic rings. The lowest BCUT2D eigenvalue weighted by atomic mass is 9.95. The van der Waals surface area contributed by atoms with Gasteiger partial charge in [-0.2, -0.15) is 0 Å². The zero-order valence-electron chi connectivity index (χ0n) is 13.7. The van der Waals surface area contributed by atoms with Gasteiger partial charge in [-0.25, -0.2) is 4.39 Å². The van der Waals surface area contributed by atoms with Crippen LogP contribution in [0.2, 0.25) is 0 Å². The van der Waals surface area contributed by atoms with E-state index in [2.05, 4.69) is 22.5 Å². The number of ketones is 1. The molecule has 0 radical (unpaired) electrons. The number of hydrogen-bond acceptors (Lipinski definition) is 3. The van der Waals surface area contributed by atoms with Gasteiger partial charge in [-0.3, -0.25) is 9.59 Å². The van der Waals surface area contributed by atoms with Gasteiger partial charge in [0.15, 0.2) is 0 Å². The van der Waals surface area contributed by atoms with Crippen molar-refractivity contribution in [3.8, 4) is 0 Å². The molecule has 1 heterocycles. The minimum Gasteiger partial charge on any atom is -0.507 e. The van der Waals surface area contributed by atoms with Crippen molar-refractivity contribution in [3.05, 3.63) is 88.2 Å². The predicted molar refractivity (Wildman–Crippen MR) is 99.7 cm³/mol. The van der Waals surface area contributed by atoms with Crippen molar-refractivity contribution in [2.24, 2.45) is 0 Å². The molecule has 1 N–H and O–H groups in total. The third-order valence-corrected chi connectivity index (χ3v) is 4.70. The Labute approximate surface area is 158 Å². The van der Waals surface area contributed by atoms with Gasteiger partial charge in [-0.15, -0.1) is 6.58 Å². The third kappa shape index (κ3) is 3.20. The Bertz CT molecular complexity index is 904. The molecule has 1 aliphatic rings. The van der Waals surface area contributed by atoms with E-state index in [0.29, 0.717) is 11.1 Å². The second kappa shape index (κ2) is 7.25. The van der Waals surface area contributed by atoms with Crippen molar-refractivity contribution in [3.63, 3.8) is 0 Å². The molecule has 4 nitrogen and oxygen atoms in total. The lowest BCUT2D eigenvalue weighted by molar-refractivity contribution is -0.139. The number of likely N-dealkylation sites (tertiary alicyclic amines) is 1. The Kier molecular flexibility index (Phi) is 5.04. The molecule has 3 rings (SSSR count). The molecule has 1 amide bonds. The Morgan fingerprint density at radius 3 is 2.35 bits per heavy atom. The normalized spacial score (nSPS) is 19.0. The molecule has 0 bridgehead atoms. The van der Waals surface area contributed by atoms with Crippen LogP contribution in [0.1, 0.15) is 17.2 Å². The summed E-state index contributed by atoms with van der Waals surface area (Å²) in [4.78, 5) is 26.4. The van der Waals surface area contributed by atoms with Crippen molar-refractivity contribution in [1.82, 2.24) is 4.90 Å². The van der Waals surface area contributed by atoms with Gasteiger partial charge >= 0.3 is 0 Å². The minimum atomic E-state index is -0.808. The first-order chi connectivity index (χ1) is 12.4. The smallest absolute Gasteiger partial charge is 0.295 e. The van der Waals surface area contributed by atoms with Gasteiger partial charge in [0, 0.05) is 16.6 Å². The molecule has 1 fully saturated rings. The molecule has 26 heavy (non-hydrogen) atoms. The third-order valence-electron chi connectivity index (χ3n) is 4.17. The van der Waals surface area contributed by atoms with E-state index in [1.165, 1.54) is 35.2 Å². The molecule has 132 valence electrons. The Morgan fingerprint density at radius 1 is 1.15 bits per heavy atom. The number of amides is 1. The summed E-state index contributed by atoms with van der Waals surface area (Å²) in [5, 5.41) is 10.7. The number of carbonyl (C=O) groups excluding carboxylic acids is 2. The van der Waals surface area contributed by atoms with Crippen LogP contribution < -0.4 is 0 Å². The number of hydrogen-bond donors (Lipinski definition) is 1. The Balaban J connectivity index is 2.18. The molecule has 2 aromatic carbocycles. The topological polar surface area (TPSA) is 57.6 Å². The maximum Gasteiger partial charge on any atom is 0.295 e. The van der Waals surface area contributed by atoms with Gasteiger partial charge in [0.2, 0.25) is 0 Å². The molecule has 0 unspecified atom stereocenters. The van der Waals surface area contributed by atoms with Crippen LogP contribution in [0, 0.1) is 5.82 Å². The van der Waals surface area contributed by atoms with Crippen LogP contribution in [-0.4, -0.2) is 28.2 Å². The van der Waals surface area contributed by atoms with Gasteiger partial charge in [-0.1, -0.05) is 46.3 Å². The number of aliphatic hydroxyl groups is 1. The van der Waals surface area contributed by atoms with Gasteiger partial charge in [0.1, 0.15) is 11.6 Å². The average Bonchev–Trinajstić information content (AvgIpc) is 2.88. The van der Waals surface area contributed by atoms with Gasteiger partial charge in [0.25, 0.3) is 11.7 Å². The van der Waals surface area contributed by atoms with E-state index in [-0.39, 0.29) is 17.9 Å². The summed E-state index contributed by atoms with van der Waals surface area (Å²) < 4.78 is 14.1. The standard InChI is InChI=1S/C20H15BrFNO3/c1-2-11-23-17(12-5-9-15(22)10-6-12)16(19(25)20(23)26)18(24)13-3-7-14(21)8-4-13/h2-10,17,24H,1,11H2/t17-/m0/s1. The SMILES string of the molecule is C=CCN1C(=O)C(=O)C(=C(O)c2ccc(Br)cc2)[C@@H]1c1ccc(F)cc1. The highest BCUT2D eigenvalue weighted by Crippen LogP contribution is 2.39. The zero-order chi connectivity index (χ0) is 18.8. The average molecular weight is 416 g/mol. The fraction of sp³-hybridized carbons (Fsp3) is 0.100. The molecule has 0 aliphatic carbocycles. The quantitative estimate of drug-likeness (QED) is 0.352. The number of carbonyl (C=O) groups is 2. The molecule has 1 aliphatic heterocycles. The van der Waals surface area contributed by atoms with Crippen LogP contribution in [0.5, 0.6) is 0 Å². The molecule has 6 heteroatoms. The van der Waals surface area contributed by atoms with Crippen LogP contribution >= 0.6 is 15.9 Å². The van der Waals surface area contributed by atoms with Crippen LogP contribution in [0.3, 0.4) is 0 Å². The summed E-state index contributed by atoms with van der Waals surface area (Å²) in [5.41, 5.74) is 0.925.